The summed E-state index contributed by atoms with van der Waals surface area (Å²) in [6.07, 6.45) is 2.92. The van der Waals surface area contributed by atoms with Crippen molar-refractivity contribution >= 4 is 0 Å². The predicted molar refractivity (Wildman–Crippen MR) is 46.4 cm³/mol. The van der Waals surface area contributed by atoms with Crippen molar-refractivity contribution in [2.75, 3.05) is 0 Å². The van der Waals surface area contributed by atoms with Gasteiger partial charge in [-0.3, -0.25) is 0 Å². The van der Waals surface area contributed by atoms with Gasteiger partial charge in [-0.25, -0.2) is 19.6 Å². The van der Waals surface area contributed by atoms with E-state index in [4.69, 9.17) is 5.26 Å². The molecule has 2 aromatic heterocycles. The summed E-state index contributed by atoms with van der Waals surface area (Å²) in [5.41, 5.74) is 0.322. The van der Waals surface area contributed by atoms with Gasteiger partial charge in [0, 0.05) is 6.07 Å². The van der Waals surface area contributed by atoms with Crippen LogP contribution in [0.1, 0.15) is 11.5 Å². The minimum Gasteiger partial charge on any atom is -0.223 e. The molecule has 14 heavy (non-hydrogen) atoms. The number of aromatic nitrogens is 5. The lowest BCUT2D eigenvalue weighted by Gasteiger charge is -2.00. The molecule has 2 rings (SSSR count). The second-order valence-corrected chi connectivity index (χ2v) is 2.61. The van der Waals surface area contributed by atoms with E-state index in [9.17, 15) is 0 Å². The van der Waals surface area contributed by atoms with E-state index in [1.54, 1.807) is 13.0 Å². The number of hydrogen-bond acceptors (Lipinski definition) is 5. The summed E-state index contributed by atoms with van der Waals surface area (Å²) in [4.78, 5) is 11.8. The van der Waals surface area contributed by atoms with Crippen LogP contribution in [-0.2, 0) is 0 Å². The summed E-state index contributed by atoms with van der Waals surface area (Å²) >= 11 is 0. The summed E-state index contributed by atoms with van der Waals surface area (Å²) in [6, 6.07) is 3.51. The quantitative estimate of drug-likeness (QED) is 0.637. The Morgan fingerprint density at radius 2 is 2.29 bits per heavy atom. The SMILES string of the molecule is Cc1nc(C#N)cc(-n2cncn2)n1. The summed E-state index contributed by atoms with van der Waals surface area (Å²) in [5.74, 6) is 1.08. The van der Waals surface area contributed by atoms with E-state index in [1.165, 1.54) is 17.3 Å². The van der Waals surface area contributed by atoms with Crippen LogP contribution in [0.5, 0.6) is 0 Å². The molecule has 0 N–H and O–H groups in total. The van der Waals surface area contributed by atoms with Crippen molar-refractivity contribution in [2.24, 2.45) is 0 Å². The molecule has 68 valence electrons. The van der Waals surface area contributed by atoms with Crippen molar-refractivity contribution in [3.8, 4) is 11.9 Å². The standard InChI is InChI=1S/C8H6N6/c1-6-12-7(3-9)2-8(13-6)14-5-10-4-11-14/h2,4-5H,1H3. The van der Waals surface area contributed by atoms with Crippen LogP contribution in [0.3, 0.4) is 0 Å². The molecule has 6 heteroatoms. The highest BCUT2D eigenvalue weighted by Gasteiger charge is 2.03. The van der Waals surface area contributed by atoms with Gasteiger partial charge in [0.25, 0.3) is 0 Å². The Morgan fingerprint density at radius 1 is 1.43 bits per heavy atom. The van der Waals surface area contributed by atoms with Gasteiger partial charge in [-0.05, 0) is 6.92 Å². The second kappa shape index (κ2) is 3.22. The minimum atomic E-state index is 0.322. The van der Waals surface area contributed by atoms with Gasteiger partial charge in [0.15, 0.2) is 5.82 Å². The van der Waals surface area contributed by atoms with Crippen LogP contribution in [-0.4, -0.2) is 24.7 Å². The molecular formula is C8H6N6. The van der Waals surface area contributed by atoms with Gasteiger partial charge in [0.2, 0.25) is 0 Å². The number of hydrogen-bond donors (Lipinski definition) is 0. The van der Waals surface area contributed by atoms with Crippen molar-refractivity contribution in [2.45, 2.75) is 6.92 Å². The smallest absolute Gasteiger partial charge is 0.160 e. The molecule has 0 aromatic carbocycles. The van der Waals surface area contributed by atoms with Crippen LogP contribution in [0.15, 0.2) is 18.7 Å². The van der Waals surface area contributed by atoms with Gasteiger partial charge in [0.05, 0.1) is 0 Å². The largest absolute Gasteiger partial charge is 0.223 e. The molecule has 0 aliphatic carbocycles. The molecule has 0 atom stereocenters. The van der Waals surface area contributed by atoms with Gasteiger partial charge in [-0.1, -0.05) is 0 Å². The van der Waals surface area contributed by atoms with Crippen LogP contribution < -0.4 is 0 Å². The number of nitriles is 1. The highest BCUT2D eigenvalue weighted by Crippen LogP contribution is 2.03. The van der Waals surface area contributed by atoms with E-state index >= 15 is 0 Å². The lowest BCUT2D eigenvalue weighted by atomic mass is 10.4. The molecule has 0 bridgehead atoms. The van der Waals surface area contributed by atoms with E-state index in [-0.39, 0.29) is 0 Å². The van der Waals surface area contributed by atoms with Gasteiger partial charge >= 0.3 is 0 Å². The van der Waals surface area contributed by atoms with Gasteiger partial charge in [0.1, 0.15) is 30.2 Å². The van der Waals surface area contributed by atoms with Crippen LogP contribution >= 0.6 is 0 Å². The fourth-order valence-electron chi connectivity index (χ4n) is 1.05. The molecule has 0 radical (unpaired) electrons. The van der Waals surface area contributed by atoms with Crippen LogP contribution in [0.25, 0.3) is 5.82 Å². The zero-order chi connectivity index (χ0) is 9.97. The third-order valence-corrected chi connectivity index (χ3v) is 1.59. The maximum absolute atomic E-state index is 8.70. The lowest BCUT2D eigenvalue weighted by Crippen LogP contribution is -2.02. The van der Waals surface area contributed by atoms with Crippen LogP contribution in [0, 0.1) is 18.3 Å². The highest BCUT2D eigenvalue weighted by molar-refractivity contribution is 5.30. The fourth-order valence-corrected chi connectivity index (χ4v) is 1.05. The molecule has 0 aliphatic rings. The van der Waals surface area contributed by atoms with Gasteiger partial charge < -0.3 is 0 Å². The molecule has 0 fully saturated rings. The Hall–Kier alpha value is -2.29. The molecule has 0 saturated heterocycles. The van der Waals surface area contributed by atoms with Crippen molar-refractivity contribution < 1.29 is 0 Å². The van der Waals surface area contributed by atoms with Crippen LogP contribution in [0.4, 0.5) is 0 Å². The third-order valence-electron chi connectivity index (χ3n) is 1.59. The van der Waals surface area contributed by atoms with Gasteiger partial charge in [-0.15, -0.1) is 0 Å². The first-order valence-electron chi connectivity index (χ1n) is 3.90. The van der Waals surface area contributed by atoms with E-state index in [2.05, 4.69) is 20.1 Å². The normalized spacial score (nSPS) is 9.71. The topological polar surface area (TPSA) is 80.3 Å². The average molecular weight is 186 g/mol. The molecule has 0 aliphatic heterocycles. The third kappa shape index (κ3) is 1.43. The van der Waals surface area contributed by atoms with E-state index in [0.29, 0.717) is 17.3 Å². The first kappa shape index (κ1) is 8.31. The first-order valence-corrected chi connectivity index (χ1v) is 3.90. The second-order valence-electron chi connectivity index (χ2n) is 2.61. The maximum Gasteiger partial charge on any atom is 0.160 e. The maximum atomic E-state index is 8.70. The number of rotatable bonds is 1. The average Bonchev–Trinajstić information content (AvgIpc) is 2.69. The van der Waals surface area contributed by atoms with Crippen molar-refractivity contribution in [3.05, 3.63) is 30.2 Å². The predicted octanol–water partition coefficient (Wildman–Crippen LogP) is 0.237. The zero-order valence-corrected chi connectivity index (χ0v) is 7.42. The first-order chi connectivity index (χ1) is 6.79. The zero-order valence-electron chi connectivity index (χ0n) is 7.42. The Morgan fingerprint density at radius 3 is 2.93 bits per heavy atom. The van der Waals surface area contributed by atoms with Crippen molar-refractivity contribution in [1.29, 1.82) is 5.26 Å². The molecular weight excluding hydrogens is 180 g/mol. The van der Waals surface area contributed by atoms with Crippen LogP contribution in [0.2, 0.25) is 0 Å². The Bertz CT molecular complexity index is 481. The molecule has 0 saturated carbocycles. The molecule has 0 spiro atoms. The number of nitrogens with zero attached hydrogens (tertiary/aromatic N) is 6. The summed E-state index contributed by atoms with van der Waals surface area (Å²) in [7, 11) is 0. The summed E-state index contributed by atoms with van der Waals surface area (Å²) < 4.78 is 1.48. The minimum absolute atomic E-state index is 0.322. The monoisotopic (exact) mass is 186 g/mol. The highest BCUT2D eigenvalue weighted by atomic mass is 15.3. The lowest BCUT2D eigenvalue weighted by molar-refractivity contribution is 0.824. The molecule has 0 amide bonds. The van der Waals surface area contributed by atoms with E-state index in [0.717, 1.165) is 0 Å². The van der Waals surface area contributed by atoms with Gasteiger partial charge in [-0.2, -0.15) is 10.4 Å². The number of aryl methyl sites for hydroxylation is 1. The molecule has 2 aromatic rings. The molecule has 0 unspecified atom stereocenters. The van der Waals surface area contributed by atoms with E-state index < -0.39 is 0 Å². The van der Waals surface area contributed by atoms with E-state index in [1.807, 2.05) is 6.07 Å². The molecule has 2 heterocycles. The molecule has 6 nitrogen and oxygen atoms in total. The summed E-state index contributed by atoms with van der Waals surface area (Å²) in [6.45, 7) is 1.72. The Balaban J connectivity index is 2.55. The van der Waals surface area contributed by atoms with Crippen molar-refractivity contribution in [3.63, 3.8) is 0 Å². The fraction of sp³-hybridized carbons (Fsp3) is 0.125. The Labute approximate surface area is 79.9 Å². The Kier molecular flexibility index (Phi) is 1.91. The summed E-state index contributed by atoms with van der Waals surface area (Å²) in [5, 5.41) is 12.6. The van der Waals surface area contributed by atoms with Crippen molar-refractivity contribution in [1.82, 2.24) is 24.7 Å².